The molecule has 0 fully saturated rings. The summed E-state index contributed by atoms with van der Waals surface area (Å²) in [5.41, 5.74) is 5.59. The summed E-state index contributed by atoms with van der Waals surface area (Å²) in [6, 6.07) is 0. The monoisotopic (exact) mass is 265 g/mol. The summed E-state index contributed by atoms with van der Waals surface area (Å²) < 4.78 is 0. The predicted molar refractivity (Wildman–Crippen MR) is 84.7 cm³/mol. The molecule has 0 aromatic heterocycles. The number of allylic oxidation sites excluding steroid dienone is 1. The Kier molecular flexibility index (Phi) is 9.42. The van der Waals surface area contributed by atoms with Gasteiger partial charge in [0.05, 0.1) is 6.54 Å². The lowest BCUT2D eigenvalue weighted by molar-refractivity contribution is 0.469. The largest absolute Gasteiger partial charge is 0.354 e. The van der Waals surface area contributed by atoms with Gasteiger partial charge in [-0.15, -0.1) is 0 Å². The minimum absolute atomic E-state index is 0.713. The molecule has 0 saturated carbocycles. The zero-order valence-corrected chi connectivity index (χ0v) is 12.6. The van der Waals surface area contributed by atoms with Gasteiger partial charge in [0.25, 0.3) is 0 Å². The van der Waals surface area contributed by atoms with E-state index in [-0.39, 0.29) is 0 Å². The molecule has 0 spiro atoms. The van der Waals surface area contributed by atoms with Crippen LogP contribution in [0.1, 0.15) is 58.3 Å². The van der Waals surface area contributed by atoms with Crippen LogP contribution in [0, 0.1) is 0 Å². The van der Waals surface area contributed by atoms with Crippen LogP contribution in [-0.2, 0) is 0 Å². The van der Waals surface area contributed by atoms with Gasteiger partial charge >= 0.3 is 0 Å². The SMILES string of the molecule is CCCCCCCCCC=CC1=NCCN1CCN. The van der Waals surface area contributed by atoms with Gasteiger partial charge < -0.3 is 10.6 Å². The predicted octanol–water partition coefficient (Wildman–Crippen LogP) is 3.36. The average Bonchev–Trinajstić information content (AvgIpc) is 2.85. The Morgan fingerprint density at radius 3 is 2.63 bits per heavy atom. The molecular formula is C16H31N3. The quantitative estimate of drug-likeness (QED) is 0.582. The maximum atomic E-state index is 5.59. The molecule has 3 heteroatoms. The van der Waals surface area contributed by atoms with Crippen molar-refractivity contribution >= 4 is 5.84 Å². The van der Waals surface area contributed by atoms with Gasteiger partial charge in [0.1, 0.15) is 5.84 Å². The van der Waals surface area contributed by atoms with Gasteiger partial charge in [0, 0.05) is 19.6 Å². The van der Waals surface area contributed by atoms with Crippen molar-refractivity contribution < 1.29 is 0 Å². The Hall–Kier alpha value is -0.830. The first-order valence-corrected chi connectivity index (χ1v) is 8.04. The Morgan fingerprint density at radius 1 is 1.16 bits per heavy atom. The third-order valence-corrected chi connectivity index (χ3v) is 3.61. The van der Waals surface area contributed by atoms with Crippen LogP contribution in [0.25, 0.3) is 0 Å². The summed E-state index contributed by atoms with van der Waals surface area (Å²) in [4.78, 5) is 6.78. The van der Waals surface area contributed by atoms with E-state index in [1.54, 1.807) is 0 Å². The molecule has 0 atom stereocenters. The molecule has 1 aliphatic rings. The second-order valence-electron chi connectivity index (χ2n) is 5.33. The summed E-state index contributed by atoms with van der Waals surface area (Å²) in [6.45, 7) is 5.88. The molecule has 3 nitrogen and oxygen atoms in total. The van der Waals surface area contributed by atoms with Gasteiger partial charge in [-0.25, -0.2) is 0 Å². The third-order valence-electron chi connectivity index (χ3n) is 3.61. The van der Waals surface area contributed by atoms with Crippen molar-refractivity contribution in [3.8, 4) is 0 Å². The van der Waals surface area contributed by atoms with E-state index >= 15 is 0 Å². The Labute approximate surface area is 119 Å². The molecule has 19 heavy (non-hydrogen) atoms. The molecule has 0 aromatic rings. The normalized spacial score (nSPS) is 15.5. The van der Waals surface area contributed by atoms with E-state index in [2.05, 4.69) is 29.0 Å². The maximum Gasteiger partial charge on any atom is 0.123 e. The van der Waals surface area contributed by atoms with Crippen molar-refractivity contribution in [1.29, 1.82) is 0 Å². The molecule has 0 saturated heterocycles. The van der Waals surface area contributed by atoms with Gasteiger partial charge in [-0.3, -0.25) is 4.99 Å². The number of nitrogens with zero attached hydrogens (tertiary/aromatic N) is 2. The summed E-state index contributed by atoms with van der Waals surface area (Å²) >= 11 is 0. The van der Waals surface area contributed by atoms with E-state index < -0.39 is 0 Å². The first-order chi connectivity index (χ1) is 9.38. The molecule has 1 rings (SSSR count). The van der Waals surface area contributed by atoms with Crippen LogP contribution >= 0.6 is 0 Å². The summed E-state index contributed by atoms with van der Waals surface area (Å²) in [7, 11) is 0. The topological polar surface area (TPSA) is 41.6 Å². The lowest BCUT2D eigenvalue weighted by Crippen LogP contribution is -2.31. The second-order valence-corrected chi connectivity index (χ2v) is 5.33. The molecule has 0 amide bonds. The fraction of sp³-hybridized carbons (Fsp3) is 0.812. The Balaban J connectivity index is 2.01. The smallest absolute Gasteiger partial charge is 0.123 e. The standard InChI is InChI=1S/C16H31N3/c1-2-3-4-5-6-7-8-9-10-11-16-18-13-15-19(16)14-12-17/h10-11H,2-9,12-15,17H2,1H3. The molecule has 110 valence electrons. The van der Waals surface area contributed by atoms with Crippen molar-refractivity contribution in [3.05, 3.63) is 12.2 Å². The lowest BCUT2D eigenvalue weighted by Gasteiger charge is -2.16. The van der Waals surface area contributed by atoms with Crippen molar-refractivity contribution in [1.82, 2.24) is 4.90 Å². The van der Waals surface area contributed by atoms with Gasteiger partial charge in [-0.05, 0) is 18.9 Å². The van der Waals surface area contributed by atoms with Gasteiger partial charge in [-0.2, -0.15) is 0 Å². The van der Waals surface area contributed by atoms with E-state index in [1.165, 1.54) is 51.4 Å². The highest BCUT2D eigenvalue weighted by Gasteiger charge is 2.12. The molecule has 0 aromatic carbocycles. The highest BCUT2D eigenvalue weighted by molar-refractivity contribution is 5.94. The van der Waals surface area contributed by atoms with Crippen LogP contribution in [0.2, 0.25) is 0 Å². The first-order valence-electron chi connectivity index (χ1n) is 8.04. The number of unbranched alkanes of at least 4 members (excludes halogenated alkanes) is 7. The molecular weight excluding hydrogens is 234 g/mol. The molecule has 2 N–H and O–H groups in total. The zero-order valence-electron chi connectivity index (χ0n) is 12.6. The number of nitrogens with two attached hydrogens (primary N) is 1. The van der Waals surface area contributed by atoms with E-state index in [0.29, 0.717) is 6.54 Å². The van der Waals surface area contributed by atoms with Crippen molar-refractivity contribution in [2.75, 3.05) is 26.2 Å². The average molecular weight is 265 g/mol. The van der Waals surface area contributed by atoms with Crippen LogP contribution in [0.3, 0.4) is 0 Å². The van der Waals surface area contributed by atoms with E-state index in [9.17, 15) is 0 Å². The van der Waals surface area contributed by atoms with Gasteiger partial charge in [-0.1, -0.05) is 51.5 Å². The van der Waals surface area contributed by atoms with E-state index in [1.807, 2.05) is 0 Å². The van der Waals surface area contributed by atoms with Crippen LogP contribution < -0.4 is 5.73 Å². The fourth-order valence-corrected chi connectivity index (χ4v) is 2.45. The highest BCUT2D eigenvalue weighted by atomic mass is 15.2. The molecule has 1 heterocycles. The molecule has 0 aliphatic carbocycles. The van der Waals surface area contributed by atoms with Crippen LogP contribution in [0.15, 0.2) is 17.1 Å². The lowest BCUT2D eigenvalue weighted by atomic mass is 10.1. The zero-order chi connectivity index (χ0) is 13.8. The minimum atomic E-state index is 0.713. The summed E-state index contributed by atoms with van der Waals surface area (Å²) in [6.07, 6.45) is 15.3. The van der Waals surface area contributed by atoms with Gasteiger partial charge in [0.2, 0.25) is 0 Å². The van der Waals surface area contributed by atoms with Crippen molar-refractivity contribution in [3.63, 3.8) is 0 Å². The number of hydrogen-bond acceptors (Lipinski definition) is 3. The van der Waals surface area contributed by atoms with Crippen molar-refractivity contribution in [2.45, 2.75) is 58.3 Å². The Bertz CT molecular complexity index is 271. The third kappa shape index (κ3) is 7.36. The summed E-state index contributed by atoms with van der Waals surface area (Å²) in [5, 5.41) is 0. The molecule has 0 bridgehead atoms. The van der Waals surface area contributed by atoms with Crippen LogP contribution in [-0.4, -0.2) is 36.9 Å². The molecule has 0 unspecified atom stereocenters. The summed E-state index contributed by atoms with van der Waals surface area (Å²) in [5.74, 6) is 1.13. The van der Waals surface area contributed by atoms with Gasteiger partial charge in [0.15, 0.2) is 0 Å². The van der Waals surface area contributed by atoms with Crippen molar-refractivity contribution in [2.24, 2.45) is 10.7 Å². The molecule has 0 radical (unpaired) electrons. The first kappa shape index (κ1) is 16.2. The number of amidine groups is 1. The maximum absolute atomic E-state index is 5.59. The van der Waals surface area contributed by atoms with E-state index in [4.69, 9.17) is 5.73 Å². The highest BCUT2D eigenvalue weighted by Crippen LogP contribution is 2.09. The van der Waals surface area contributed by atoms with Crippen LogP contribution in [0.4, 0.5) is 0 Å². The van der Waals surface area contributed by atoms with E-state index in [0.717, 1.165) is 25.5 Å². The number of aliphatic imine (C=N–C) groups is 1. The molecule has 1 aliphatic heterocycles. The number of hydrogen-bond donors (Lipinski definition) is 1. The number of rotatable bonds is 11. The Morgan fingerprint density at radius 2 is 1.89 bits per heavy atom. The van der Waals surface area contributed by atoms with Crippen LogP contribution in [0.5, 0.6) is 0 Å². The fourth-order valence-electron chi connectivity index (χ4n) is 2.45. The second kappa shape index (κ2) is 11.0. The minimum Gasteiger partial charge on any atom is -0.354 e.